The van der Waals surface area contributed by atoms with E-state index in [1.165, 1.54) is 0 Å². The van der Waals surface area contributed by atoms with Crippen LogP contribution >= 0.6 is 15.9 Å². The number of amides is 3. The van der Waals surface area contributed by atoms with Crippen molar-refractivity contribution in [2.45, 2.75) is 76.5 Å². The topological polar surface area (TPSA) is 91.8 Å². The average Bonchev–Trinajstić information content (AvgIpc) is 3.48. The smallest absolute Gasteiger partial charge is 0.428 e. The molecule has 0 unspecified atom stereocenters. The Morgan fingerprint density at radius 3 is 2.73 bits per heavy atom. The van der Waals surface area contributed by atoms with E-state index in [1.54, 1.807) is 0 Å². The number of nitrogens with zero attached hydrogens (tertiary/aromatic N) is 1. The standard InChI is InChI=1S/C22H29BrN4O3/c1-13-11-16(23)3-6-18(13)19-22(30-21(29)27-26-19)9-7-15(8-10-22)12-14(2)24-20(28)25-17-4-5-17/h3,6,11,14-15,17H,4-5,7-10,12H2,1-2H3,(H,27,29)(H2,24,25,28)/t14-,15?,22?/m0/s1. The summed E-state index contributed by atoms with van der Waals surface area (Å²) in [6.45, 7) is 4.10. The Kier molecular flexibility index (Phi) is 6.04. The summed E-state index contributed by atoms with van der Waals surface area (Å²) in [5.74, 6) is 0.479. The molecule has 162 valence electrons. The number of nitrogens with one attached hydrogen (secondary N) is 3. The van der Waals surface area contributed by atoms with Gasteiger partial charge in [0.1, 0.15) is 5.71 Å². The van der Waals surface area contributed by atoms with Crippen LogP contribution in [0.5, 0.6) is 0 Å². The lowest BCUT2D eigenvalue weighted by atomic mass is 9.72. The van der Waals surface area contributed by atoms with Crippen molar-refractivity contribution in [1.82, 2.24) is 16.1 Å². The van der Waals surface area contributed by atoms with Gasteiger partial charge in [0.15, 0.2) is 5.60 Å². The first-order chi connectivity index (χ1) is 14.3. The summed E-state index contributed by atoms with van der Waals surface area (Å²) in [5, 5.41) is 10.4. The summed E-state index contributed by atoms with van der Waals surface area (Å²) in [4.78, 5) is 24.0. The Hall–Kier alpha value is -2.09. The number of ether oxygens (including phenoxy) is 1. The van der Waals surface area contributed by atoms with Crippen molar-refractivity contribution in [3.05, 3.63) is 33.8 Å². The second-order valence-corrected chi connectivity index (χ2v) is 9.80. The molecule has 0 aromatic heterocycles. The van der Waals surface area contributed by atoms with Crippen molar-refractivity contribution in [2.75, 3.05) is 0 Å². The third-order valence-corrected chi connectivity index (χ3v) is 6.81. The van der Waals surface area contributed by atoms with Gasteiger partial charge in [0.05, 0.1) is 0 Å². The predicted molar refractivity (Wildman–Crippen MR) is 118 cm³/mol. The fraction of sp³-hybridized carbons (Fsp3) is 0.591. The second-order valence-electron chi connectivity index (χ2n) is 8.89. The molecule has 30 heavy (non-hydrogen) atoms. The molecule has 4 rings (SSSR count). The molecule has 3 N–H and O–H groups in total. The fourth-order valence-corrected chi connectivity index (χ4v) is 5.08. The molecule has 1 spiro atoms. The highest BCUT2D eigenvalue weighted by atomic mass is 79.9. The maximum atomic E-state index is 12.0. The molecular formula is C22H29BrN4O3. The van der Waals surface area contributed by atoms with E-state index in [9.17, 15) is 9.59 Å². The fourth-order valence-electron chi connectivity index (χ4n) is 4.61. The molecule has 3 amide bonds. The van der Waals surface area contributed by atoms with Gasteiger partial charge >= 0.3 is 12.1 Å². The Morgan fingerprint density at radius 1 is 1.33 bits per heavy atom. The molecule has 8 heteroatoms. The van der Waals surface area contributed by atoms with Gasteiger partial charge in [0, 0.05) is 22.1 Å². The van der Waals surface area contributed by atoms with Gasteiger partial charge in [-0.25, -0.2) is 15.0 Å². The van der Waals surface area contributed by atoms with E-state index in [4.69, 9.17) is 4.74 Å². The van der Waals surface area contributed by atoms with E-state index in [-0.39, 0.29) is 12.1 Å². The molecule has 1 aliphatic heterocycles. The highest BCUT2D eigenvalue weighted by Gasteiger charge is 2.46. The molecule has 1 atom stereocenters. The maximum absolute atomic E-state index is 12.0. The predicted octanol–water partition coefficient (Wildman–Crippen LogP) is 4.37. The summed E-state index contributed by atoms with van der Waals surface area (Å²) < 4.78 is 6.87. The van der Waals surface area contributed by atoms with E-state index < -0.39 is 11.7 Å². The Bertz CT molecular complexity index is 860. The van der Waals surface area contributed by atoms with Crippen LogP contribution in [0.25, 0.3) is 0 Å². The molecule has 7 nitrogen and oxygen atoms in total. The van der Waals surface area contributed by atoms with E-state index in [2.05, 4.69) is 44.0 Å². The van der Waals surface area contributed by atoms with Gasteiger partial charge < -0.3 is 15.4 Å². The number of rotatable bonds is 5. The zero-order valence-corrected chi connectivity index (χ0v) is 19.0. The number of aryl methyl sites for hydroxylation is 1. The van der Waals surface area contributed by atoms with E-state index >= 15 is 0 Å². The minimum absolute atomic E-state index is 0.0651. The number of hydrogen-bond acceptors (Lipinski definition) is 4. The molecule has 3 aliphatic rings. The third kappa shape index (κ3) is 4.79. The van der Waals surface area contributed by atoms with Crippen LogP contribution < -0.4 is 16.1 Å². The average molecular weight is 477 g/mol. The molecule has 1 heterocycles. The number of benzene rings is 1. The van der Waals surface area contributed by atoms with Crippen LogP contribution in [0.15, 0.2) is 27.8 Å². The molecule has 0 saturated heterocycles. The number of carbonyl (C=O) groups excluding carboxylic acids is 2. The molecular weight excluding hydrogens is 448 g/mol. The second kappa shape index (κ2) is 8.57. The van der Waals surface area contributed by atoms with Crippen molar-refractivity contribution >= 4 is 33.8 Å². The van der Waals surface area contributed by atoms with Gasteiger partial charge in [-0.15, -0.1) is 0 Å². The number of halogens is 1. The normalized spacial score (nSPS) is 27.0. The van der Waals surface area contributed by atoms with Gasteiger partial charge in [-0.3, -0.25) is 0 Å². The van der Waals surface area contributed by atoms with Crippen molar-refractivity contribution in [2.24, 2.45) is 11.0 Å². The zero-order valence-electron chi connectivity index (χ0n) is 17.5. The lowest BCUT2D eigenvalue weighted by Crippen LogP contribution is -2.52. The Morgan fingerprint density at radius 2 is 2.07 bits per heavy atom. The van der Waals surface area contributed by atoms with Crippen LogP contribution in [-0.4, -0.2) is 35.5 Å². The molecule has 0 bridgehead atoms. The summed E-state index contributed by atoms with van der Waals surface area (Å²) >= 11 is 3.51. The van der Waals surface area contributed by atoms with E-state index in [0.717, 1.165) is 66.3 Å². The number of urea groups is 1. The van der Waals surface area contributed by atoms with Gasteiger partial charge in [0.2, 0.25) is 0 Å². The minimum atomic E-state index is -0.683. The van der Waals surface area contributed by atoms with Crippen LogP contribution in [0.2, 0.25) is 0 Å². The van der Waals surface area contributed by atoms with Crippen LogP contribution in [0.1, 0.15) is 63.0 Å². The highest BCUT2D eigenvalue weighted by Crippen LogP contribution is 2.41. The van der Waals surface area contributed by atoms with Crippen LogP contribution in [0.4, 0.5) is 9.59 Å². The SMILES string of the molecule is Cc1cc(Br)ccc1C1=NNC(=O)OC12CCC(C[C@H](C)NC(=O)NC1CC1)CC2. The quantitative estimate of drug-likeness (QED) is 0.588. The summed E-state index contributed by atoms with van der Waals surface area (Å²) in [6.07, 6.45) is 5.93. The molecule has 2 fully saturated rings. The molecule has 2 saturated carbocycles. The van der Waals surface area contributed by atoms with Crippen LogP contribution in [-0.2, 0) is 4.74 Å². The molecule has 0 radical (unpaired) electrons. The Labute approximate surface area is 185 Å². The van der Waals surface area contributed by atoms with Gasteiger partial charge in [0.25, 0.3) is 0 Å². The molecule has 2 aliphatic carbocycles. The first kappa shape index (κ1) is 21.2. The van der Waals surface area contributed by atoms with E-state index in [1.807, 2.05) is 25.1 Å². The lowest BCUT2D eigenvalue weighted by molar-refractivity contribution is 0.0155. The van der Waals surface area contributed by atoms with Gasteiger partial charge in [-0.1, -0.05) is 22.0 Å². The van der Waals surface area contributed by atoms with Gasteiger partial charge in [-0.05, 0) is 82.4 Å². The monoisotopic (exact) mass is 476 g/mol. The highest BCUT2D eigenvalue weighted by molar-refractivity contribution is 9.10. The van der Waals surface area contributed by atoms with E-state index in [0.29, 0.717) is 12.0 Å². The number of hydrazone groups is 1. The Balaban J connectivity index is 1.40. The van der Waals surface area contributed by atoms with Crippen molar-refractivity contribution in [3.8, 4) is 0 Å². The first-order valence-electron chi connectivity index (χ1n) is 10.8. The third-order valence-electron chi connectivity index (χ3n) is 6.31. The first-order valence-corrected chi connectivity index (χ1v) is 11.5. The minimum Gasteiger partial charge on any atom is -0.435 e. The van der Waals surface area contributed by atoms with Crippen molar-refractivity contribution < 1.29 is 14.3 Å². The van der Waals surface area contributed by atoms with Crippen molar-refractivity contribution in [1.29, 1.82) is 0 Å². The van der Waals surface area contributed by atoms with Crippen LogP contribution in [0.3, 0.4) is 0 Å². The lowest BCUT2D eigenvalue weighted by Gasteiger charge is -2.42. The molecule has 1 aromatic rings. The van der Waals surface area contributed by atoms with Crippen molar-refractivity contribution in [3.63, 3.8) is 0 Å². The number of hydrogen-bond donors (Lipinski definition) is 3. The van der Waals surface area contributed by atoms with Gasteiger partial charge in [-0.2, -0.15) is 5.10 Å². The zero-order chi connectivity index (χ0) is 21.3. The largest absolute Gasteiger partial charge is 0.435 e. The maximum Gasteiger partial charge on any atom is 0.428 e. The summed E-state index contributed by atoms with van der Waals surface area (Å²) in [6, 6.07) is 6.47. The summed E-state index contributed by atoms with van der Waals surface area (Å²) in [5.41, 5.74) is 4.70. The summed E-state index contributed by atoms with van der Waals surface area (Å²) in [7, 11) is 0. The molecule has 1 aromatic carbocycles. The van der Waals surface area contributed by atoms with Crippen LogP contribution in [0, 0.1) is 12.8 Å². The number of carbonyl (C=O) groups is 2.